The number of halogens is 2. The van der Waals surface area contributed by atoms with Crippen molar-refractivity contribution in [3.8, 4) is 0 Å². The molecule has 24 heavy (non-hydrogen) atoms. The lowest BCUT2D eigenvalue weighted by molar-refractivity contribution is 0.155. The highest BCUT2D eigenvalue weighted by Crippen LogP contribution is 2.16. The maximum Gasteiger partial charge on any atom is 0.412 e. The molecule has 2 aromatic rings. The van der Waals surface area contributed by atoms with Crippen LogP contribution in [-0.4, -0.2) is 22.0 Å². The molecular formula is C17H21ClFN3O2. The predicted octanol–water partition coefficient (Wildman–Crippen LogP) is 4.81. The van der Waals surface area contributed by atoms with E-state index in [1.807, 2.05) is 12.1 Å². The number of hydrogen-bond acceptors (Lipinski definition) is 3. The molecule has 1 N–H and O–H groups in total. The van der Waals surface area contributed by atoms with E-state index < -0.39 is 12.3 Å². The molecule has 0 aliphatic carbocycles. The molecule has 0 fully saturated rings. The predicted molar refractivity (Wildman–Crippen MR) is 91.9 cm³/mol. The first kappa shape index (κ1) is 18.3. The summed E-state index contributed by atoms with van der Waals surface area (Å²) in [6.07, 6.45) is 4.13. The molecule has 2 rings (SSSR count). The van der Waals surface area contributed by atoms with Crippen LogP contribution in [0.2, 0.25) is 5.02 Å². The van der Waals surface area contributed by atoms with E-state index in [0.29, 0.717) is 23.7 Å². The zero-order valence-electron chi connectivity index (χ0n) is 13.5. The first-order valence-corrected chi connectivity index (χ1v) is 8.26. The summed E-state index contributed by atoms with van der Waals surface area (Å²) in [4.78, 5) is 11.8. The zero-order chi connectivity index (χ0) is 17.4. The van der Waals surface area contributed by atoms with Crippen LogP contribution in [0, 0.1) is 0 Å². The van der Waals surface area contributed by atoms with Crippen LogP contribution in [0.1, 0.15) is 31.7 Å². The van der Waals surface area contributed by atoms with Crippen molar-refractivity contribution in [2.24, 2.45) is 0 Å². The lowest BCUT2D eigenvalue weighted by Gasteiger charge is -2.06. The van der Waals surface area contributed by atoms with Crippen molar-refractivity contribution in [3.63, 3.8) is 0 Å². The molecule has 0 radical (unpaired) electrons. The largest absolute Gasteiger partial charge is 0.444 e. The smallest absolute Gasteiger partial charge is 0.412 e. The number of benzene rings is 1. The van der Waals surface area contributed by atoms with Gasteiger partial charge in [0.2, 0.25) is 0 Å². The highest BCUT2D eigenvalue weighted by Gasteiger charge is 2.07. The third-order valence-corrected chi connectivity index (χ3v) is 3.80. The Balaban J connectivity index is 1.73. The summed E-state index contributed by atoms with van der Waals surface area (Å²) in [5.74, 6) is 0. The molecule has 0 saturated carbocycles. The summed E-state index contributed by atoms with van der Waals surface area (Å²) >= 11 is 6.00. The van der Waals surface area contributed by atoms with E-state index in [4.69, 9.17) is 16.3 Å². The van der Waals surface area contributed by atoms with Gasteiger partial charge >= 0.3 is 6.09 Å². The van der Waals surface area contributed by atoms with Crippen LogP contribution in [0.3, 0.4) is 0 Å². The highest BCUT2D eigenvalue weighted by atomic mass is 35.5. The fourth-order valence-electron chi connectivity index (χ4n) is 2.16. The molecule has 5 nitrogen and oxygen atoms in total. The van der Waals surface area contributed by atoms with Crippen LogP contribution in [0.5, 0.6) is 0 Å². The fraction of sp³-hybridized carbons (Fsp3) is 0.412. The van der Waals surface area contributed by atoms with E-state index in [-0.39, 0.29) is 6.61 Å². The van der Waals surface area contributed by atoms with Gasteiger partial charge in [-0.25, -0.2) is 9.18 Å². The van der Waals surface area contributed by atoms with E-state index in [1.54, 1.807) is 36.1 Å². The van der Waals surface area contributed by atoms with E-state index in [0.717, 1.165) is 18.4 Å². The molecule has 1 amide bonds. The minimum absolute atomic E-state index is 0.0983. The number of carbonyl (C=O) groups excluding carboxylic acids is 1. The van der Waals surface area contributed by atoms with Gasteiger partial charge in [0.05, 0.1) is 18.1 Å². The molecule has 0 spiro atoms. The van der Waals surface area contributed by atoms with Crippen LogP contribution < -0.4 is 5.32 Å². The average molecular weight is 354 g/mol. The SMILES string of the molecule is CC(F)CCCCn1cc(NC(=O)OCc2ccccc2Cl)cn1. The Bertz CT molecular complexity index is 661. The van der Waals surface area contributed by atoms with Crippen LogP contribution in [0.4, 0.5) is 14.9 Å². The summed E-state index contributed by atoms with van der Waals surface area (Å²) in [6, 6.07) is 7.18. The number of hydrogen-bond donors (Lipinski definition) is 1. The van der Waals surface area contributed by atoms with Gasteiger partial charge in [0.15, 0.2) is 0 Å². The molecule has 0 aliphatic heterocycles. The Morgan fingerprint density at radius 3 is 2.96 bits per heavy atom. The van der Waals surface area contributed by atoms with Gasteiger partial charge in [0.1, 0.15) is 6.61 Å². The van der Waals surface area contributed by atoms with Gasteiger partial charge in [-0.1, -0.05) is 29.8 Å². The second-order valence-corrected chi connectivity index (χ2v) is 5.97. The Kier molecular flexibility index (Phi) is 7.06. The minimum Gasteiger partial charge on any atom is -0.444 e. The van der Waals surface area contributed by atoms with Crippen molar-refractivity contribution in [2.45, 2.75) is 45.5 Å². The number of rotatable bonds is 8. The fourth-order valence-corrected chi connectivity index (χ4v) is 2.35. The molecule has 1 aromatic carbocycles. The number of aromatic nitrogens is 2. The Morgan fingerprint density at radius 2 is 2.21 bits per heavy atom. The molecule has 0 bridgehead atoms. The number of nitrogens with one attached hydrogen (secondary N) is 1. The number of nitrogens with zero attached hydrogens (tertiary/aromatic N) is 2. The number of aryl methyl sites for hydroxylation is 1. The van der Waals surface area contributed by atoms with Crippen molar-refractivity contribution in [1.29, 1.82) is 0 Å². The number of ether oxygens (including phenoxy) is 1. The molecule has 0 aliphatic rings. The lowest BCUT2D eigenvalue weighted by Crippen LogP contribution is -2.13. The normalized spacial score (nSPS) is 12.0. The third-order valence-electron chi connectivity index (χ3n) is 3.44. The molecule has 7 heteroatoms. The number of amides is 1. The Hall–Kier alpha value is -2.08. The summed E-state index contributed by atoms with van der Waals surface area (Å²) in [5, 5.41) is 7.32. The monoisotopic (exact) mass is 353 g/mol. The third kappa shape index (κ3) is 6.20. The van der Waals surface area contributed by atoms with E-state index in [2.05, 4.69) is 10.4 Å². The highest BCUT2D eigenvalue weighted by molar-refractivity contribution is 6.31. The minimum atomic E-state index is -0.771. The number of unbranched alkanes of at least 4 members (excludes halogenated alkanes) is 1. The zero-order valence-corrected chi connectivity index (χ0v) is 14.3. The molecule has 1 heterocycles. The lowest BCUT2D eigenvalue weighted by atomic mass is 10.2. The van der Waals surface area contributed by atoms with Gasteiger partial charge in [0, 0.05) is 23.3 Å². The van der Waals surface area contributed by atoms with Crippen LogP contribution in [0.25, 0.3) is 0 Å². The van der Waals surface area contributed by atoms with E-state index >= 15 is 0 Å². The maximum atomic E-state index is 12.7. The van der Waals surface area contributed by atoms with Crippen LogP contribution in [0.15, 0.2) is 36.7 Å². The maximum absolute atomic E-state index is 12.7. The summed E-state index contributed by atoms with van der Waals surface area (Å²) in [7, 11) is 0. The summed E-state index contributed by atoms with van der Waals surface area (Å²) in [6.45, 7) is 2.34. The quantitative estimate of drug-likeness (QED) is 0.692. The van der Waals surface area contributed by atoms with Gasteiger partial charge in [0.25, 0.3) is 0 Å². The first-order chi connectivity index (χ1) is 11.5. The van der Waals surface area contributed by atoms with Crippen LogP contribution in [-0.2, 0) is 17.9 Å². The number of anilines is 1. The van der Waals surface area contributed by atoms with Crippen LogP contribution >= 0.6 is 11.6 Å². The van der Waals surface area contributed by atoms with Gasteiger partial charge in [-0.05, 0) is 32.3 Å². The topological polar surface area (TPSA) is 56.2 Å². The van der Waals surface area contributed by atoms with Crippen molar-refractivity contribution in [2.75, 3.05) is 5.32 Å². The van der Waals surface area contributed by atoms with Gasteiger partial charge in [-0.2, -0.15) is 5.10 Å². The summed E-state index contributed by atoms with van der Waals surface area (Å²) in [5.41, 5.74) is 1.30. The average Bonchev–Trinajstić information content (AvgIpc) is 2.98. The number of alkyl halides is 1. The van der Waals surface area contributed by atoms with E-state index in [9.17, 15) is 9.18 Å². The second-order valence-electron chi connectivity index (χ2n) is 5.56. The van der Waals surface area contributed by atoms with Crippen molar-refractivity contribution in [1.82, 2.24) is 9.78 Å². The van der Waals surface area contributed by atoms with Crippen molar-refractivity contribution in [3.05, 3.63) is 47.2 Å². The van der Waals surface area contributed by atoms with Gasteiger partial charge < -0.3 is 4.74 Å². The Labute approximate surface area is 145 Å². The Morgan fingerprint density at radius 1 is 1.42 bits per heavy atom. The molecular weight excluding hydrogens is 333 g/mol. The van der Waals surface area contributed by atoms with Gasteiger partial charge in [-0.15, -0.1) is 0 Å². The van der Waals surface area contributed by atoms with Crippen molar-refractivity contribution < 1.29 is 13.9 Å². The first-order valence-electron chi connectivity index (χ1n) is 7.88. The molecule has 1 unspecified atom stereocenters. The number of carbonyl (C=O) groups is 1. The van der Waals surface area contributed by atoms with Crippen molar-refractivity contribution >= 4 is 23.4 Å². The molecule has 0 saturated heterocycles. The van der Waals surface area contributed by atoms with E-state index in [1.165, 1.54) is 0 Å². The summed E-state index contributed by atoms with van der Waals surface area (Å²) < 4.78 is 19.6. The van der Waals surface area contributed by atoms with Gasteiger partial charge in [-0.3, -0.25) is 10.00 Å². The molecule has 1 aromatic heterocycles. The standard InChI is InChI=1S/C17H21ClFN3O2/c1-13(19)6-4-5-9-22-11-15(10-20-22)21-17(23)24-12-14-7-2-3-8-16(14)18/h2-3,7-8,10-11,13H,4-6,9,12H2,1H3,(H,21,23). The second kappa shape index (κ2) is 9.27. The molecule has 130 valence electrons. The molecule has 1 atom stereocenters.